The molecule has 0 heterocycles. The standard InChI is InChI=1S/C10H11.3CO.Co/c1-3-9(2)10-7-5-4-6-8-10;3*1-2;/h3-8H,2H2,1H3;;;;. The maximum absolute atomic E-state index is 7.50. The molecule has 0 saturated heterocycles. The number of benzene rings is 1. The molecule has 0 aromatic heterocycles. The molecule has 90 valence electrons. The molecule has 1 aromatic rings. The van der Waals surface area contributed by atoms with Crippen molar-refractivity contribution in [1.82, 2.24) is 0 Å². The van der Waals surface area contributed by atoms with Gasteiger partial charge >= 0.3 is 33.9 Å². The van der Waals surface area contributed by atoms with E-state index in [1.807, 2.05) is 31.5 Å². The molecule has 0 atom stereocenters. The Hall–Kier alpha value is -1.05. The first-order valence-electron chi connectivity index (χ1n) is 3.99. The summed E-state index contributed by atoms with van der Waals surface area (Å²) in [4.78, 5) is 0. The third kappa shape index (κ3) is 14.9. The van der Waals surface area contributed by atoms with E-state index in [1.54, 1.807) is 0 Å². The van der Waals surface area contributed by atoms with Crippen LogP contribution in [-0.4, -0.2) is 0 Å². The Bertz CT molecular complexity index is 276. The van der Waals surface area contributed by atoms with Crippen LogP contribution in [0.15, 0.2) is 30.3 Å². The summed E-state index contributed by atoms with van der Waals surface area (Å²) >= 11 is 0. The zero-order valence-electron chi connectivity index (χ0n) is 9.23. The van der Waals surface area contributed by atoms with E-state index in [9.17, 15) is 0 Å². The minimum Gasteiger partial charge on any atom is -0.0622 e. The largest absolute Gasteiger partial charge is 0.0622 e. The quantitative estimate of drug-likeness (QED) is 0.588. The first-order chi connectivity index (χ1) is 7.84. The van der Waals surface area contributed by atoms with Crippen LogP contribution in [0.1, 0.15) is 12.5 Å². The van der Waals surface area contributed by atoms with Crippen molar-refractivity contribution in [3.05, 3.63) is 75.1 Å². The Kier molecular flexibility index (Phi) is 35.6. The molecule has 3 nitrogen and oxygen atoms in total. The molecule has 1 rings (SSSR count). The molecule has 0 fully saturated rings. The van der Waals surface area contributed by atoms with E-state index in [-0.39, 0.29) is 16.8 Å². The molecular weight excluding hydrogens is 263 g/mol. The van der Waals surface area contributed by atoms with Gasteiger partial charge in [-0.1, -0.05) is 37.3 Å². The maximum atomic E-state index is 7.50. The second-order valence-electron chi connectivity index (χ2n) is 2.18. The molecule has 0 aliphatic heterocycles. The van der Waals surface area contributed by atoms with Crippen LogP contribution in [-0.2, 0) is 30.7 Å². The van der Waals surface area contributed by atoms with E-state index < -0.39 is 0 Å². The van der Waals surface area contributed by atoms with Gasteiger partial charge in [0, 0.05) is 22.7 Å². The molecule has 17 heavy (non-hydrogen) atoms. The Morgan fingerprint density at radius 1 is 1.00 bits per heavy atom. The average molecular weight is 274 g/mol. The van der Waals surface area contributed by atoms with E-state index in [0.717, 1.165) is 5.92 Å². The first kappa shape index (κ1) is 25.0. The van der Waals surface area contributed by atoms with Crippen molar-refractivity contribution in [2.24, 2.45) is 0 Å². The Balaban J connectivity index is -0.000000106. The molecule has 0 saturated carbocycles. The second kappa shape index (κ2) is 24.3. The van der Waals surface area contributed by atoms with Gasteiger partial charge in [0.15, 0.2) is 0 Å². The van der Waals surface area contributed by atoms with Crippen molar-refractivity contribution in [1.29, 1.82) is 0 Å². The van der Waals surface area contributed by atoms with E-state index in [2.05, 4.69) is 39.0 Å². The fourth-order valence-corrected chi connectivity index (χ4v) is 0.819. The van der Waals surface area contributed by atoms with Crippen LogP contribution in [0.5, 0.6) is 0 Å². The summed E-state index contributed by atoms with van der Waals surface area (Å²) in [7, 11) is 0. The van der Waals surface area contributed by atoms with E-state index in [4.69, 9.17) is 14.0 Å². The van der Waals surface area contributed by atoms with Crippen LogP contribution in [0.3, 0.4) is 0 Å². The molecule has 4 radical (unpaired) electrons. The van der Waals surface area contributed by atoms with Gasteiger partial charge < -0.3 is 0 Å². The molecule has 0 amide bonds. The number of hydrogen-bond donors (Lipinski definition) is 0. The Labute approximate surface area is 113 Å². The molecule has 0 unspecified atom stereocenters. The first-order valence-corrected chi connectivity index (χ1v) is 3.99. The fraction of sp³-hybridized carbons (Fsp3) is 0.0769. The van der Waals surface area contributed by atoms with Gasteiger partial charge in [-0.15, -0.1) is 0 Å². The van der Waals surface area contributed by atoms with Gasteiger partial charge in [0.2, 0.25) is 0 Å². The summed E-state index contributed by atoms with van der Waals surface area (Å²) in [6, 6.07) is 10.2. The molecule has 0 spiro atoms. The van der Waals surface area contributed by atoms with Crippen LogP contribution in [0.25, 0.3) is 0 Å². The third-order valence-corrected chi connectivity index (χ3v) is 1.49. The maximum Gasteiger partial charge on any atom is 0.00812 e. The second-order valence-corrected chi connectivity index (χ2v) is 2.18. The van der Waals surface area contributed by atoms with Crippen LogP contribution in [0.2, 0.25) is 0 Å². The molecule has 0 bridgehead atoms. The summed E-state index contributed by atoms with van der Waals surface area (Å²) in [5, 5.41) is 0. The number of hydrogen-bond acceptors (Lipinski definition) is 0. The van der Waals surface area contributed by atoms with E-state index in [0.29, 0.717) is 0 Å². The zero-order valence-corrected chi connectivity index (χ0v) is 10.3. The fourth-order valence-electron chi connectivity index (χ4n) is 0.819. The van der Waals surface area contributed by atoms with Crippen molar-refractivity contribution in [2.75, 3.05) is 0 Å². The van der Waals surface area contributed by atoms with Gasteiger partial charge in [0.05, 0.1) is 0 Å². The minimum absolute atomic E-state index is 0. The van der Waals surface area contributed by atoms with Gasteiger partial charge in [-0.05, 0) is 18.9 Å². The predicted molar refractivity (Wildman–Crippen MR) is 55.9 cm³/mol. The average Bonchev–Trinajstić information content (AvgIpc) is 2.45. The third-order valence-electron chi connectivity index (χ3n) is 1.49. The summed E-state index contributed by atoms with van der Waals surface area (Å²) in [6.07, 6.45) is 2.01. The van der Waals surface area contributed by atoms with Gasteiger partial charge in [-0.25, -0.2) is 0 Å². The van der Waals surface area contributed by atoms with Crippen molar-refractivity contribution < 1.29 is 30.7 Å². The minimum atomic E-state index is 0. The summed E-state index contributed by atoms with van der Waals surface area (Å²) in [5.41, 5.74) is 1.20. The molecule has 0 aliphatic rings. The van der Waals surface area contributed by atoms with E-state index in [1.165, 1.54) is 5.56 Å². The predicted octanol–water partition coefficient (Wildman–Crippen LogP) is 2.55. The van der Waals surface area contributed by atoms with Crippen molar-refractivity contribution in [3.8, 4) is 0 Å². The number of rotatable bonds is 2. The molecule has 4 heteroatoms. The van der Waals surface area contributed by atoms with Crippen molar-refractivity contribution in [3.63, 3.8) is 0 Å². The van der Waals surface area contributed by atoms with Crippen LogP contribution in [0, 0.1) is 39.2 Å². The van der Waals surface area contributed by atoms with Gasteiger partial charge in [0.1, 0.15) is 0 Å². The summed E-state index contributed by atoms with van der Waals surface area (Å²) in [6.45, 7) is 19.4. The Morgan fingerprint density at radius 3 is 1.65 bits per heavy atom. The van der Waals surface area contributed by atoms with Crippen molar-refractivity contribution >= 4 is 0 Å². The smallest absolute Gasteiger partial charge is 0.00812 e. The van der Waals surface area contributed by atoms with Gasteiger partial charge in [0.25, 0.3) is 0 Å². The SMILES string of the molecule is [C-]#[O+].[C-]#[O+].[C-]#[O+].[CH2][C]([CH]C)c1ccccc1.[Co]. The monoisotopic (exact) mass is 274 g/mol. The topological polar surface area (TPSA) is 59.7 Å². The normalized spacial score (nSPS) is 6.41. The van der Waals surface area contributed by atoms with Crippen LogP contribution in [0.4, 0.5) is 0 Å². The molecular formula is C13H11CoO3. The van der Waals surface area contributed by atoms with Gasteiger partial charge in [-0.2, -0.15) is 0 Å². The molecule has 0 N–H and O–H groups in total. The zero-order chi connectivity index (χ0) is 13.4. The molecule has 0 aliphatic carbocycles. The van der Waals surface area contributed by atoms with E-state index >= 15 is 0 Å². The van der Waals surface area contributed by atoms with Gasteiger partial charge in [-0.3, -0.25) is 0 Å². The van der Waals surface area contributed by atoms with Crippen molar-refractivity contribution in [2.45, 2.75) is 6.92 Å². The van der Waals surface area contributed by atoms with Crippen LogP contribution < -0.4 is 0 Å². The summed E-state index contributed by atoms with van der Waals surface area (Å²) in [5.74, 6) is 1.08. The summed E-state index contributed by atoms with van der Waals surface area (Å²) < 4.78 is 22.5. The molecule has 1 aromatic carbocycles. The Morgan fingerprint density at radius 2 is 1.35 bits per heavy atom. The van der Waals surface area contributed by atoms with Crippen LogP contribution >= 0.6 is 0 Å².